The Morgan fingerprint density at radius 3 is 2.17 bits per heavy atom. The van der Waals surface area contributed by atoms with Crippen LogP contribution >= 0.6 is 0 Å². The van der Waals surface area contributed by atoms with Crippen molar-refractivity contribution in [2.24, 2.45) is 0 Å². The van der Waals surface area contributed by atoms with Gasteiger partial charge in [-0.2, -0.15) is 0 Å². The van der Waals surface area contributed by atoms with Crippen LogP contribution in [-0.2, 0) is 29.0 Å². The minimum Gasteiger partial charge on any atom is -0.352 e. The molecule has 2 atom stereocenters. The number of nitrogens with zero attached hydrogens (tertiary/aromatic N) is 1. The molecule has 35 heavy (non-hydrogen) atoms. The summed E-state index contributed by atoms with van der Waals surface area (Å²) in [6.07, 6.45) is 1.37. The molecule has 184 valence electrons. The lowest BCUT2D eigenvalue weighted by Gasteiger charge is -2.32. The molecule has 3 rings (SSSR count). The van der Waals surface area contributed by atoms with Gasteiger partial charge in [0.2, 0.25) is 11.8 Å². The summed E-state index contributed by atoms with van der Waals surface area (Å²) in [5.74, 6) is -0.659. The highest BCUT2D eigenvalue weighted by molar-refractivity contribution is 5.89. The normalized spacial score (nSPS) is 12.6. The van der Waals surface area contributed by atoms with Crippen LogP contribution in [-0.4, -0.2) is 28.8 Å². The van der Waals surface area contributed by atoms with Gasteiger partial charge < -0.3 is 10.2 Å². The van der Waals surface area contributed by atoms with Crippen molar-refractivity contribution in [2.45, 2.75) is 65.6 Å². The Labute approximate surface area is 208 Å². The number of carbonyl (C=O) groups excluding carboxylic acids is 2. The average Bonchev–Trinajstić information content (AvgIpc) is 2.85. The minimum absolute atomic E-state index is 0.0108. The highest BCUT2D eigenvalue weighted by Crippen LogP contribution is 2.18. The fraction of sp³-hybridized carbons (Fsp3) is 0.333. The molecule has 3 aromatic rings. The summed E-state index contributed by atoms with van der Waals surface area (Å²) in [6, 6.07) is 21.1. The van der Waals surface area contributed by atoms with Crippen LogP contribution < -0.4 is 5.32 Å². The molecule has 3 aromatic carbocycles. The van der Waals surface area contributed by atoms with Crippen LogP contribution in [0, 0.1) is 19.7 Å². The molecule has 2 unspecified atom stereocenters. The molecule has 0 saturated heterocycles. The van der Waals surface area contributed by atoms with Crippen molar-refractivity contribution in [1.82, 2.24) is 10.2 Å². The number of halogens is 1. The Kier molecular flexibility index (Phi) is 9.18. The first-order chi connectivity index (χ1) is 16.8. The van der Waals surface area contributed by atoms with E-state index < -0.39 is 6.04 Å². The lowest BCUT2D eigenvalue weighted by atomic mass is 10.00. The van der Waals surface area contributed by atoms with Crippen LogP contribution in [0.3, 0.4) is 0 Å². The predicted molar refractivity (Wildman–Crippen MR) is 138 cm³/mol. The molecule has 0 radical (unpaired) electrons. The largest absolute Gasteiger partial charge is 0.352 e. The third-order valence-corrected chi connectivity index (χ3v) is 6.46. The molecule has 2 amide bonds. The van der Waals surface area contributed by atoms with E-state index in [-0.39, 0.29) is 36.6 Å². The van der Waals surface area contributed by atoms with Crippen molar-refractivity contribution in [3.8, 4) is 0 Å². The molecule has 0 heterocycles. The summed E-state index contributed by atoms with van der Waals surface area (Å²) in [6.45, 7) is 8.25. The van der Waals surface area contributed by atoms with E-state index in [1.165, 1.54) is 17.7 Å². The summed E-state index contributed by atoms with van der Waals surface area (Å²) in [4.78, 5) is 28.9. The molecular weight excluding hydrogens is 439 g/mol. The van der Waals surface area contributed by atoms with Gasteiger partial charge >= 0.3 is 0 Å². The third kappa shape index (κ3) is 7.51. The van der Waals surface area contributed by atoms with Gasteiger partial charge in [0.15, 0.2) is 0 Å². The first kappa shape index (κ1) is 26.1. The Morgan fingerprint density at radius 2 is 1.54 bits per heavy atom. The van der Waals surface area contributed by atoms with Gasteiger partial charge in [0.05, 0.1) is 6.42 Å². The lowest BCUT2D eigenvalue weighted by Crippen LogP contribution is -2.52. The number of hydrogen-bond acceptors (Lipinski definition) is 2. The van der Waals surface area contributed by atoms with Crippen molar-refractivity contribution in [3.63, 3.8) is 0 Å². The summed E-state index contributed by atoms with van der Waals surface area (Å²) in [5, 5.41) is 3.07. The van der Waals surface area contributed by atoms with E-state index in [0.29, 0.717) is 6.42 Å². The van der Waals surface area contributed by atoms with Crippen molar-refractivity contribution in [1.29, 1.82) is 0 Å². The van der Waals surface area contributed by atoms with E-state index >= 15 is 0 Å². The van der Waals surface area contributed by atoms with Gasteiger partial charge in [0.1, 0.15) is 11.9 Å². The van der Waals surface area contributed by atoms with Crippen molar-refractivity contribution >= 4 is 11.8 Å². The Balaban J connectivity index is 1.97. The molecule has 4 nitrogen and oxygen atoms in total. The number of benzene rings is 3. The SMILES string of the molecule is CCC(C)NC(=O)C(Cc1ccccc1)N(Cc1ccc(F)cc1)C(=O)Cc1ccc(C)c(C)c1. The third-order valence-electron chi connectivity index (χ3n) is 6.46. The molecule has 0 spiro atoms. The number of aryl methyl sites for hydroxylation is 2. The van der Waals surface area contributed by atoms with E-state index in [4.69, 9.17) is 0 Å². The van der Waals surface area contributed by atoms with Crippen LogP contribution in [0.2, 0.25) is 0 Å². The summed E-state index contributed by atoms with van der Waals surface area (Å²) in [5.41, 5.74) is 4.94. The molecule has 0 saturated carbocycles. The van der Waals surface area contributed by atoms with Crippen molar-refractivity contribution in [2.75, 3.05) is 0 Å². The van der Waals surface area contributed by atoms with E-state index in [9.17, 15) is 14.0 Å². The number of hydrogen-bond donors (Lipinski definition) is 1. The highest BCUT2D eigenvalue weighted by Gasteiger charge is 2.31. The molecule has 1 N–H and O–H groups in total. The van der Waals surface area contributed by atoms with E-state index in [0.717, 1.165) is 28.7 Å². The maximum absolute atomic E-state index is 13.7. The number of amides is 2. The van der Waals surface area contributed by atoms with Gasteiger partial charge in [-0.3, -0.25) is 9.59 Å². The average molecular weight is 475 g/mol. The van der Waals surface area contributed by atoms with Crippen LogP contribution in [0.4, 0.5) is 4.39 Å². The van der Waals surface area contributed by atoms with E-state index in [2.05, 4.69) is 5.32 Å². The van der Waals surface area contributed by atoms with Gasteiger partial charge in [-0.15, -0.1) is 0 Å². The molecular formula is C30H35FN2O2. The monoisotopic (exact) mass is 474 g/mol. The molecule has 0 bridgehead atoms. The van der Waals surface area contributed by atoms with Crippen LogP contribution in [0.15, 0.2) is 72.8 Å². The Hall–Kier alpha value is -3.47. The van der Waals surface area contributed by atoms with Gasteiger partial charge in [0.25, 0.3) is 0 Å². The maximum Gasteiger partial charge on any atom is 0.243 e. The molecule has 0 aromatic heterocycles. The zero-order chi connectivity index (χ0) is 25.4. The van der Waals surface area contributed by atoms with Gasteiger partial charge in [-0.1, -0.05) is 67.6 Å². The zero-order valence-corrected chi connectivity index (χ0v) is 21.1. The summed E-state index contributed by atoms with van der Waals surface area (Å²) >= 11 is 0. The smallest absolute Gasteiger partial charge is 0.243 e. The number of carbonyl (C=O) groups is 2. The molecule has 0 aliphatic heterocycles. The summed E-state index contributed by atoms with van der Waals surface area (Å²) < 4.78 is 13.6. The van der Waals surface area contributed by atoms with Crippen LogP contribution in [0.5, 0.6) is 0 Å². The number of rotatable bonds is 10. The van der Waals surface area contributed by atoms with E-state index in [1.54, 1.807) is 17.0 Å². The second-order valence-electron chi connectivity index (χ2n) is 9.27. The van der Waals surface area contributed by atoms with Crippen LogP contribution in [0.25, 0.3) is 0 Å². The maximum atomic E-state index is 13.7. The molecule has 0 fully saturated rings. The van der Waals surface area contributed by atoms with Crippen molar-refractivity contribution < 1.29 is 14.0 Å². The summed E-state index contributed by atoms with van der Waals surface area (Å²) in [7, 11) is 0. The molecule has 0 aliphatic rings. The first-order valence-electron chi connectivity index (χ1n) is 12.2. The fourth-order valence-electron chi connectivity index (χ4n) is 3.97. The molecule has 5 heteroatoms. The predicted octanol–water partition coefficient (Wildman–Crippen LogP) is 5.54. The fourth-order valence-corrected chi connectivity index (χ4v) is 3.97. The zero-order valence-electron chi connectivity index (χ0n) is 21.1. The van der Waals surface area contributed by atoms with Crippen LogP contribution in [0.1, 0.15) is 48.1 Å². The van der Waals surface area contributed by atoms with Crippen molar-refractivity contribution in [3.05, 3.63) is 106 Å². The second kappa shape index (κ2) is 12.3. The highest BCUT2D eigenvalue weighted by atomic mass is 19.1. The van der Waals surface area contributed by atoms with E-state index in [1.807, 2.05) is 76.2 Å². The molecule has 0 aliphatic carbocycles. The first-order valence-corrected chi connectivity index (χ1v) is 12.2. The van der Waals surface area contributed by atoms with Gasteiger partial charge in [0, 0.05) is 19.0 Å². The number of nitrogens with one attached hydrogen (secondary N) is 1. The Morgan fingerprint density at radius 1 is 0.886 bits per heavy atom. The standard InChI is InChI=1S/C30H35FN2O2/c1-5-23(4)32-30(35)28(18-24-9-7-6-8-10-24)33(20-25-13-15-27(31)16-14-25)29(34)19-26-12-11-21(2)22(3)17-26/h6-17,23,28H,5,18-20H2,1-4H3,(H,32,35). The van der Waals surface area contributed by atoms with Gasteiger partial charge in [-0.05, 0) is 67.1 Å². The quantitative estimate of drug-likeness (QED) is 0.419. The Bertz CT molecular complexity index is 1130. The topological polar surface area (TPSA) is 49.4 Å². The van der Waals surface area contributed by atoms with Gasteiger partial charge in [-0.25, -0.2) is 4.39 Å². The second-order valence-corrected chi connectivity index (χ2v) is 9.27. The lowest BCUT2D eigenvalue weighted by molar-refractivity contribution is -0.141. The minimum atomic E-state index is -0.699.